The fraction of sp³-hybridized carbons (Fsp3) is 0. The maximum absolute atomic E-state index is 5.21. The van der Waals surface area contributed by atoms with Crippen molar-refractivity contribution in [2.75, 3.05) is 0 Å². The van der Waals surface area contributed by atoms with E-state index in [0.29, 0.717) is 5.82 Å². The predicted octanol–water partition coefficient (Wildman–Crippen LogP) is 7.55. The molecule has 5 aromatic carbocycles. The van der Waals surface area contributed by atoms with Crippen LogP contribution in [0, 0.1) is 0 Å². The Kier molecular flexibility index (Phi) is 5.42. The average Bonchev–Trinajstić information content (AvgIpc) is 4.00. The first-order valence-corrected chi connectivity index (χ1v) is 19.1. The van der Waals surface area contributed by atoms with Gasteiger partial charge in [-0.05, 0) is 71.0 Å². The minimum absolute atomic E-state index is 0.0630. The summed E-state index contributed by atoms with van der Waals surface area (Å²) in [5.74, 6) is 0.666. The van der Waals surface area contributed by atoms with E-state index in [2.05, 4.69) is 140 Å². The summed E-state index contributed by atoms with van der Waals surface area (Å²) in [6.07, 6.45) is 9.23. The van der Waals surface area contributed by atoms with Crippen molar-refractivity contribution in [3.05, 3.63) is 158 Å². The molecule has 0 N–H and O–H groups in total. The van der Waals surface area contributed by atoms with Gasteiger partial charge in [0.1, 0.15) is 16.8 Å². The summed E-state index contributed by atoms with van der Waals surface area (Å²) in [5, 5.41) is 4.54. The van der Waals surface area contributed by atoms with Crippen molar-refractivity contribution in [2.45, 2.75) is 0 Å². The molecule has 7 aromatic heterocycles. The van der Waals surface area contributed by atoms with E-state index in [4.69, 9.17) is 24.9 Å². The van der Waals surface area contributed by atoms with Crippen LogP contribution in [0.25, 0.3) is 100 Å². The summed E-state index contributed by atoms with van der Waals surface area (Å²) in [4.78, 5) is 24.8. The van der Waals surface area contributed by atoms with Crippen LogP contribution in [0.3, 0.4) is 0 Å². The second-order valence-electron chi connectivity index (χ2n) is 14.9. The van der Waals surface area contributed by atoms with Crippen molar-refractivity contribution in [1.82, 2.24) is 43.2 Å². The molecule has 0 radical (unpaired) electrons. The van der Waals surface area contributed by atoms with Gasteiger partial charge in [0.05, 0.1) is 32.8 Å². The average molecular weight is 728 g/mol. The number of fused-ring (bicyclic) bond motifs is 14. The Bertz CT molecular complexity index is 3470. The first-order chi connectivity index (χ1) is 28.3. The van der Waals surface area contributed by atoms with E-state index in [0.717, 1.165) is 83.5 Å². The molecule has 0 unspecified atom stereocenters. The molecule has 9 heterocycles. The zero-order valence-electron chi connectivity index (χ0n) is 30.1. The van der Waals surface area contributed by atoms with Crippen LogP contribution in [-0.4, -0.2) is 49.9 Å². The fourth-order valence-electron chi connectivity index (χ4n) is 10.2. The van der Waals surface area contributed by atoms with Crippen molar-refractivity contribution < 1.29 is 0 Å². The van der Waals surface area contributed by atoms with Crippen LogP contribution < -0.4 is 16.4 Å². The molecule has 0 saturated carbocycles. The summed E-state index contributed by atoms with van der Waals surface area (Å²) < 4.78 is 9.63. The Hall–Kier alpha value is -7.85. The fourth-order valence-corrected chi connectivity index (χ4v) is 10.2. The van der Waals surface area contributed by atoms with Gasteiger partial charge in [-0.3, -0.25) is 28.2 Å². The van der Waals surface area contributed by atoms with Crippen LogP contribution in [0.4, 0.5) is 0 Å². The van der Waals surface area contributed by atoms with Gasteiger partial charge in [-0.2, -0.15) is 0 Å². The molecule has 14 rings (SSSR count). The van der Waals surface area contributed by atoms with Gasteiger partial charge in [-0.1, -0.05) is 72.8 Å². The number of para-hydroxylation sites is 4. The lowest BCUT2D eigenvalue weighted by atomic mass is 9.34. The maximum atomic E-state index is 5.21. The van der Waals surface area contributed by atoms with Crippen molar-refractivity contribution in [1.29, 1.82) is 0 Å². The molecular weight excluding hydrogens is 701 g/mol. The molecule has 10 heteroatoms. The second kappa shape index (κ2) is 10.5. The molecule has 0 fully saturated rings. The minimum atomic E-state index is -0.0630. The molecule has 0 spiro atoms. The van der Waals surface area contributed by atoms with Crippen molar-refractivity contribution >= 4 is 89.2 Å². The third-order valence-electron chi connectivity index (χ3n) is 12.2. The van der Waals surface area contributed by atoms with Crippen molar-refractivity contribution in [3.8, 4) is 34.1 Å². The highest BCUT2D eigenvalue weighted by Crippen LogP contribution is 2.45. The third kappa shape index (κ3) is 3.54. The molecule has 0 bridgehead atoms. The first kappa shape index (κ1) is 29.5. The molecule has 2 aliphatic rings. The van der Waals surface area contributed by atoms with Crippen LogP contribution in [0.2, 0.25) is 0 Å². The summed E-state index contributed by atoms with van der Waals surface area (Å²) in [5.41, 5.74) is 17.2. The lowest BCUT2D eigenvalue weighted by Gasteiger charge is -2.34. The number of benzene rings is 5. The summed E-state index contributed by atoms with van der Waals surface area (Å²) >= 11 is 0. The molecule has 0 atom stereocenters. The van der Waals surface area contributed by atoms with E-state index in [1.54, 1.807) is 12.4 Å². The van der Waals surface area contributed by atoms with Crippen molar-refractivity contribution in [3.63, 3.8) is 0 Å². The molecular formula is C47H26BN9. The Morgan fingerprint density at radius 2 is 1.07 bits per heavy atom. The number of pyridine rings is 1. The molecule has 0 amide bonds. The van der Waals surface area contributed by atoms with E-state index >= 15 is 0 Å². The Balaban J connectivity index is 1.24. The van der Waals surface area contributed by atoms with Gasteiger partial charge in [0.15, 0.2) is 11.5 Å². The van der Waals surface area contributed by atoms with Crippen LogP contribution in [0.15, 0.2) is 158 Å². The molecule has 57 heavy (non-hydrogen) atoms. The first-order valence-electron chi connectivity index (χ1n) is 19.1. The van der Waals surface area contributed by atoms with Crippen LogP contribution >= 0.6 is 0 Å². The normalized spacial score (nSPS) is 12.9. The lowest BCUT2D eigenvalue weighted by molar-refractivity contribution is 1.04. The Morgan fingerprint density at radius 3 is 1.88 bits per heavy atom. The highest BCUT2D eigenvalue weighted by molar-refractivity contribution is 7.00. The summed E-state index contributed by atoms with van der Waals surface area (Å²) in [6.45, 7) is -0.0630. The smallest absolute Gasteiger partial charge is 0.252 e. The van der Waals surface area contributed by atoms with Gasteiger partial charge in [-0.15, -0.1) is 0 Å². The third-order valence-corrected chi connectivity index (χ3v) is 12.2. The molecule has 12 aromatic rings. The van der Waals surface area contributed by atoms with Gasteiger partial charge in [0.25, 0.3) is 6.71 Å². The molecule has 9 nitrogen and oxygen atoms in total. The van der Waals surface area contributed by atoms with Gasteiger partial charge in [0, 0.05) is 70.1 Å². The summed E-state index contributed by atoms with van der Waals surface area (Å²) in [6, 6.07) is 45.3. The maximum Gasteiger partial charge on any atom is 0.252 e. The number of nitrogens with zero attached hydrogens (tertiary/aromatic N) is 9. The van der Waals surface area contributed by atoms with Crippen LogP contribution in [0.5, 0.6) is 0 Å². The highest BCUT2D eigenvalue weighted by atomic mass is 15.2. The molecule has 2 aliphatic heterocycles. The van der Waals surface area contributed by atoms with Gasteiger partial charge < -0.3 is 0 Å². The standard InChI is InChI=1S/C47H26BN9/c1-3-11-28(12-4-1)54-34-18-8-7-15-30(34)37-40-43-33(19-22-49-40)48-32-17-9-16-31-38-41-45(53-24-23-50-41)55(29-13-5-2-6-14-29)47(38)56(42(31)32)35-25-27(44-51-20-10-21-52-44)26-36(39(35)48)57(43)46(37)54/h1-26H. The predicted molar refractivity (Wildman–Crippen MR) is 228 cm³/mol. The van der Waals surface area contributed by atoms with Crippen LogP contribution in [-0.2, 0) is 0 Å². The van der Waals surface area contributed by atoms with Gasteiger partial charge in [0.2, 0.25) is 0 Å². The number of rotatable bonds is 3. The number of hydrogen-bond acceptors (Lipinski definition) is 5. The zero-order valence-corrected chi connectivity index (χ0v) is 30.1. The monoisotopic (exact) mass is 727 g/mol. The molecule has 0 saturated heterocycles. The van der Waals surface area contributed by atoms with E-state index in [1.165, 1.54) is 27.3 Å². The van der Waals surface area contributed by atoms with Gasteiger partial charge >= 0.3 is 0 Å². The zero-order chi connectivity index (χ0) is 36.9. The SMILES string of the molecule is c1ccc(-n2c3ccccc3c3c4nccc5c4n(c32)-c2cc(-c3ncccn3)cc3c2B5c2cccc4c5c6nccnc6n(-c6ccccc6)c5n-3c24)cc1. The highest BCUT2D eigenvalue weighted by Gasteiger charge is 2.43. The van der Waals surface area contributed by atoms with E-state index < -0.39 is 0 Å². The number of aromatic nitrogens is 9. The quantitative estimate of drug-likeness (QED) is 0.176. The summed E-state index contributed by atoms with van der Waals surface area (Å²) in [7, 11) is 0. The second-order valence-corrected chi connectivity index (χ2v) is 14.9. The molecule has 0 aliphatic carbocycles. The topological polar surface area (TPSA) is 84.2 Å². The van der Waals surface area contributed by atoms with Gasteiger partial charge in [-0.25, -0.2) is 15.0 Å². The largest absolute Gasteiger partial charge is 0.296 e. The Labute approximate surface area is 323 Å². The van der Waals surface area contributed by atoms with Crippen LogP contribution in [0.1, 0.15) is 0 Å². The molecule has 262 valence electrons. The number of hydrogen-bond donors (Lipinski definition) is 0. The lowest BCUT2D eigenvalue weighted by Crippen LogP contribution is -2.59. The van der Waals surface area contributed by atoms with E-state index in [9.17, 15) is 0 Å². The van der Waals surface area contributed by atoms with Crippen molar-refractivity contribution in [2.24, 2.45) is 0 Å². The minimum Gasteiger partial charge on any atom is -0.296 e. The van der Waals surface area contributed by atoms with E-state index in [-0.39, 0.29) is 6.71 Å². The van der Waals surface area contributed by atoms with E-state index in [1.807, 2.05) is 24.7 Å². The Morgan fingerprint density at radius 1 is 0.439 bits per heavy atom.